The molecule has 0 radical (unpaired) electrons. The molecule has 17 heavy (non-hydrogen) atoms. The molecule has 0 saturated carbocycles. The molecule has 0 spiro atoms. The molecule has 1 heterocycles. The van der Waals surface area contributed by atoms with E-state index in [2.05, 4.69) is 44.4 Å². The summed E-state index contributed by atoms with van der Waals surface area (Å²) in [5, 5.41) is 2.70. The molecular weight excluding hydrogens is 210 g/mol. The van der Waals surface area contributed by atoms with Crippen LogP contribution in [0, 0.1) is 0 Å². The van der Waals surface area contributed by atoms with E-state index in [-0.39, 0.29) is 0 Å². The van der Waals surface area contributed by atoms with Crippen molar-refractivity contribution in [2.75, 3.05) is 14.1 Å². The highest BCUT2D eigenvalue weighted by atomic mass is 16.5. The predicted molar refractivity (Wildman–Crippen MR) is 69.0 cm³/mol. The first-order chi connectivity index (χ1) is 8.25. The van der Waals surface area contributed by atoms with E-state index in [1.54, 1.807) is 0 Å². The number of fused-ring (bicyclic) bond motifs is 3. The van der Waals surface area contributed by atoms with Crippen LogP contribution in [-0.4, -0.2) is 14.1 Å². The largest absolute Gasteiger partial charge is 0.372 e. The number of hydrogen-bond donors (Lipinski definition) is 1. The molecule has 0 amide bonds. The van der Waals surface area contributed by atoms with Crippen LogP contribution in [-0.2, 0) is 24.5 Å². The van der Waals surface area contributed by atoms with Crippen LogP contribution < -0.4 is 4.90 Å². The van der Waals surface area contributed by atoms with Gasteiger partial charge in [0.25, 0.3) is 0 Å². The van der Waals surface area contributed by atoms with Gasteiger partial charge in [-0.3, -0.25) is 0 Å². The normalized spacial score (nSPS) is 14.5. The number of hydrogen-bond acceptors (Lipinski definition) is 1. The monoisotopic (exact) mass is 228 g/mol. The summed E-state index contributed by atoms with van der Waals surface area (Å²) in [5.74, 6) is 0. The number of quaternary nitrogens is 1. The maximum atomic E-state index is 5.64. The fraction of sp³-hybridized carbons (Fsp3) is 0.333. The fourth-order valence-electron chi connectivity index (χ4n) is 2.67. The van der Waals surface area contributed by atoms with E-state index >= 15 is 0 Å². The third-order valence-electron chi connectivity index (χ3n) is 3.40. The average molecular weight is 228 g/mol. The standard InChI is InChI=1S/C15H17NO/c1-16(2)8-12-7-11-5-3-4-6-13(11)15-10-17-9-14(12)15/h3-7H,8-10H2,1-2H3/p+1. The maximum Gasteiger partial charge on any atom is 0.103 e. The van der Waals surface area contributed by atoms with Crippen LogP contribution in [0.2, 0.25) is 0 Å². The minimum atomic E-state index is 0.770. The highest BCUT2D eigenvalue weighted by molar-refractivity contribution is 5.88. The van der Waals surface area contributed by atoms with Crippen molar-refractivity contribution in [3.05, 3.63) is 47.0 Å². The Kier molecular flexibility index (Phi) is 2.61. The van der Waals surface area contributed by atoms with Crippen LogP contribution in [0.25, 0.3) is 10.8 Å². The van der Waals surface area contributed by atoms with Gasteiger partial charge in [-0.1, -0.05) is 24.3 Å². The number of rotatable bonds is 2. The van der Waals surface area contributed by atoms with Crippen LogP contribution >= 0.6 is 0 Å². The van der Waals surface area contributed by atoms with E-state index in [0.29, 0.717) is 0 Å². The number of nitrogens with one attached hydrogen (secondary N) is 1. The zero-order valence-corrected chi connectivity index (χ0v) is 10.4. The lowest BCUT2D eigenvalue weighted by molar-refractivity contribution is -0.872. The zero-order valence-electron chi connectivity index (χ0n) is 10.4. The molecule has 0 atom stereocenters. The topological polar surface area (TPSA) is 13.7 Å². The minimum Gasteiger partial charge on any atom is -0.372 e. The van der Waals surface area contributed by atoms with Gasteiger partial charge in [-0.2, -0.15) is 0 Å². The Morgan fingerprint density at radius 1 is 1.12 bits per heavy atom. The van der Waals surface area contributed by atoms with Crippen molar-refractivity contribution in [3.63, 3.8) is 0 Å². The second kappa shape index (κ2) is 4.13. The van der Waals surface area contributed by atoms with E-state index in [1.165, 1.54) is 32.4 Å². The molecule has 1 N–H and O–H groups in total. The molecular formula is C15H18NO+. The highest BCUT2D eigenvalue weighted by Gasteiger charge is 2.19. The fourth-order valence-corrected chi connectivity index (χ4v) is 2.67. The lowest BCUT2D eigenvalue weighted by Crippen LogP contribution is -3.04. The quantitative estimate of drug-likeness (QED) is 0.822. The lowest BCUT2D eigenvalue weighted by atomic mass is 9.96. The van der Waals surface area contributed by atoms with E-state index in [4.69, 9.17) is 4.74 Å². The zero-order chi connectivity index (χ0) is 11.8. The highest BCUT2D eigenvalue weighted by Crippen LogP contribution is 2.31. The van der Waals surface area contributed by atoms with Gasteiger partial charge in [-0.05, 0) is 28.0 Å². The molecule has 0 bridgehead atoms. The smallest absolute Gasteiger partial charge is 0.103 e. The molecule has 0 aromatic heterocycles. The summed E-state index contributed by atoms with van der Waals surface area (Å²) in [5.41, 5.74) is 4.26. The summed E-state index contributed by atoms with van der Waals surface area (Å²) in [4.78, 5) is 1.45. The molecule has 0 saturated heterocycles. The summed E-state index contributed by atoms with van der Waals surface area (Å²) in [6.07, 6.45) is 0. The Bertz CT molecular complexity index is 560. The minimum absolute atomic E-state index is 0.770. The molecule has 2 aromatic rings. The lowest BCUT2D eigenvalue weighted by Gasteiger charge is -2.13. The SMILES string of the molecule is C[NH+](C)Cc1cc2ccccc2c2c1COC2. The molecule has 0 unspecified atom stereocenters. The van der Waals surface area contributed by atoms with Crippen molar-refractivity contribution < 1.29 is 9.64 Å². The van der Waals surface area contributed by atoms with Crippen molar-refractivity contribution >= 4 is 10.8 Å². The molecule has 1 aliphatic heterocycles. The molecule has 1 aliphatic rings. The molecule has 2 aromatic carbocycles. The van der Waals surface area contributed by atoms with Crippen LogP contribution in [0.15, 0.2) is 30.3 Å². The van der Waals surface area contributed by atoms with Gasteiger partial charge in [0.05, 0.1) is 27.3 Å². The maximum absolute atomic E-state index is 5.64. The Labute approximate surface area is 102 Å². The molecule has 2 heteroatoms. The van der Waals surface area contributed by atoms with Crippen molar-refractivity contribution in [2.45, 2.75) is 19.8 Å². The third-order valence-corrected chi connectivity index (χ3v) is 3.40. The van der Waals surface area contributed by atoms with Crippen molar-refractivity contribution in [1.29, 1.82) is 0 Å². The molecule has 2 nitrogen and oxygen atoms in total. The van der Waals surface area contributed by atoms with Gasteiger partial charge in [-0.15, -0.1) is 0 Å². The molecule has 3 rings (SSSR count). The average Bonchev–Trinajstić information content (AvgIpc) is 2.78. The van der Waals surface area contributed by atoms with Gasteiger partial charge in [-0.25, -0.2) is 0 Å². The van der Waals surface area contributed by atoms with Crippen LogP contribution in [0.3, 0.4) is 0 Å². The second-order valence-corrected chi connectivity index (χ2v) is 5.09. The van der Waals surface area contributed by atoms with Gasteiger partial charge in [0, 0.05) is 5.56 Å². The van der Waals surface area contributed by atoms with Gasteiger partial charge in [0.2, 0.25) is 0 Å². The van der Waals surface area contributed by atoms with Crippen LogP contribution in [0.5, 0.6) is 0 Å². The summed E-state index contributed by atoms with van der Waals surface area (Å²) < 4.78 is 5.64. The van der Waals surface area contributed by atoms with E-state index < -0.39 is 0 Å². The first kappa shape index (κ1) is 10.8. The van der Waals surface area contributed by atoms with Gasteiger partial charge in [0.1, 0.15) is 6.54 Å². The Morgan fingerprint density at radius 3 is 2.71 bits per heavy atom. The molecule has 0 fully saturated rings. The summed E-state index contributed by atoms with van der Waals surface area (Å²) >= 11 is 0. The number of ether oxygens (including phenoxy) is 1. The van der Waals surface area contributed by atoms with Gasteiger partial charge >= 0.3 is 0 Å². The Hall–Kier alpha value is -1.38. The third kappa shape index (κ3) is 1.84. The Balaban J connectivity index is 2.23. The van der Waals surface area contributed by atoms with Crippen molar-refractivity contribution in [1.82, 2.24) is 0 Å². The molecule has 88 valence electrons. The van der Waals surface area contributed by atoms with Crippen LogP contribution in [0.4, 0.5) is 0 Å². The summed E-state index contributed by atoms with van der Waals surface area (Å²) in [7, 11) is 4.38. The van der Waals surface area contributed by atoms with Crippen molar-refractivity contribution in [2.24, 2.45) is 0 Å². The first-order valence-electron chi connectivity index (χ1n) is 6.15. The first-order valence-corrected chi connectivity index (χ1v) is 6.15. The number of benzene rings is 2. The second-order valence-electron chi connectivity index (χ2n) is 5.09. The summed E-state index contributed by atoms with van der Waals surface area (Å²) in [6, 6.07) is 10.9. The van der Waals surface area contributed by atoms with Gasteiger partial charge in [0.15, 0.2) is 0 Å². The van der Waals surface area contributed by atoms with E-state index in [0.717, 1.165) is 19.8 Å². The van der Waals surface area contributed by atoms with E-state index in [9.17, 15) is 0 Å². The van der Waals surface area contributed by atoms with E-state index in [1.807, 2.05) is 0 Å². The Morgan fingerprint density at radius 2 is 1.88 bits per heavy atom. The van der Waals surface area contributed by atoms with Crippen molar-refractivity contribution in [3.8, 4) is 0 Å². The van der Waals surface area contributed by atoms with Crippen LogP contribution in [0.1, 0.15) is 16.7 Å². The molecule has 0 aliphatic carbocycles. The van der Waals surface area contributed by atoms with Gasteiger partial charge < -0.3 is 9.64 Å². The summed E-state index contributed by atoms with van der Waals surface area (Å²) in [6.45, 7) is 2.62. The predicted octanol–water partition coefficient (Wildman–Crippen LogP) is 1.51.